The fourth-order valence-corrected chi connectivity index (χ4v) is 1.23. The van der Waals surface area contributed by atoms with Crippen LogP contribution in [0.15, 0.2) is 0 Å². The molecule has 0 aromatic rings. The standard InChI is InChI=1S/C9H22N2O/c1-4-5-8(2)11(3)7-9(12)6-10/h8-9,12H,4-7,10H2,1-3H3. The first-order valence-electron chi connectivity index (χ1n) is 4.70. The molecule has 0 saturated carbocycles. The number of aliphatic hydroxyl groups is 1. The van der Waals surface area contributed by atoms with Crippen LogP contribution in [-0.2, 0) is 0 Å². The maximum Gasteiger partial charge on any atom is 0.0789 e. The first-order chi connectivity index (χ1) is 5.61. The smallest absolute Gasteiger partial charge is 0.0789 e. The second-order valence-corrected chi connectivity index (χ2v) is 3.47. The van der Waals surface area contributed by atoms with Crippen molar-refractivity contribution in [2.24, 2.45) is 5.73 Å². The third-order valence-electron chi connectivity index (χ3n) is 2.23. The molecule has 3 heteroatoms. The van der Waals surface area contributed by atoms with Gasteiger partial charge in [-0.15, -0.1) is 0 Å². The molecule has 3 N–H and O–H groups in total. The van der Waals surface area contributed by atoms with Crippen LogP contribution >= 0.6 is 0 Å². The van der Waals surface area contributed by atoms with E-state index in [1.54, 1.807) is 0 Å². The Hall–Kier alpha value is -0.120. The molecular weight excluding hydrogens is 152 g/mol. The number of hydrogen-bond donors (Lipinski definition) is 2. The Balaban J connectivity index is 3.62. The number of hydrogen-bond acceptors (Lipinski definition) is 3. The predicted octanol–water partition coefficient (Wildman–Crippen LogP) is 0.426. The van der Waals surface area contributed by atoms with E-state index in [4.69, 9.17) is 5.73 Å². The van der Waals surface area contributed by atoms with Crippen LogP contribution < -0.4 is 5.73 Å². The summed E-state index contributed by atoms with van der Waals surface area (Å²) in [6.07, 6.45) is 1.98. The van der Waals surface area contributed by atoms with Crippen LogP contribution in [0.2, 0.25) is 0 Å². The topological polar surface area (TPSA) is 49.5 Å². The third kappa shape index (κ3) is 4.70. The van der Waals surface area contributed by atoms with Crippen LogP contribution in [0.3, 0.4) is 0 Å². The van der Waals surface area contributed by atoms with Gasteiger partial charge in [-0.1, -0.05) is 13.3 Å². The van der Waals surface area contributed by atoms with E-state index < -0.39 is 0 Å². The zero-order chi connectivity index (χ0) is 9.56. The molecule has 0 spiro atoms. The minimum Gasteiger partial charge on any atom is -0.390 e. The van der Waals surface area contributed by atoms with Crippen molar-refractivity contribution in [1.29, 1.82) is 0 Å². The Morgan fingerprint density at radius 2 is 2.08 bits per heavy atom. The highest BCUT2D eigenvalue weighted by atomic mass is 16.3. The molecule has 12 heavy (non-hydrogen) atoms. The Bertz CT molecular complexity index is 109. The highest BCUT2D eigenvalue weighted by Crippen LogP contribution is 2.03. The van der Waals surface area contributed by atoms with E-state index in [0.29, 0.717) is 19.1 Å². The van der Waals surface area contributed by atoms with Crippen molar-refractivity contribution in [1.82, 2.24) is 4.90 Å². The van der Waals surface area contributed by atoms with Gasteiger partial charge in [-0.2, -0.15) is 0 Å². The first kappa shape index (κ1) is 11.9. The van der Waals surface area contributed by atoms with E-state index in [1.807, 2.05) is 7.05 Å². The average Bonchev–Trinajstić information content (AvgIpc) is 2.04. The second kappa shape index (κ2) is 6.40. The molecular formula is C9H22N2O. The minimum atomic E-state index is -0.380. The van der Waals surface area contributed by atoms with Gasteiger partial charge in [0, 0.05) is 19.1 Å². The lowest BCUT2D eigenvalue weighted by Crippen LogP contribution is -2.38. The first-order valence-corrected chi connectivity index (χ1v) is 4.70. The van der Waals surface area contributed by atoms with Crippen molar-refractivity contribution >= 4 is 0 Å². The average molecular weight is 174 g/mol. The lowest BCUT2D eigenvalue weighted by atomic mass is 10.1. The number of likely N-dealkylation sites (N-methyl/N-ethyl adjacent to an activating group) is 1. The van der Waals surface area contributed by atoms with E-state index in [1.165, 1.54) is 12.8 Å². The molecule has 0 fully saturated rings. The Morgan fingerprint density at radius 1 is 1.50 bits per heavy atom. The van der Waals surface area contributed by atoms with Crippen LogP contribution in [0.1, 0.15) is 26.7 Å². The minimum absolute atomic E-state index is 0.350. The Labute approximate surface area is 75.6 Å². The summed E-state index contributed by atoms with van der Waals surface area (Å²) in [5.74, 6) is 0. The summed E-state index contributed by atoms with van der Waals surface area (Å²) in [5.41, 5.74) is 5.32. The summed E-state index contributed by atoms with van der Waals surface area (Å²) in [5, 5.41) is 9.28. The molecule has 0 amide bonds. The predicted molar refractivity (Wildman–Crippen MR) is 52.1 cm³/mol. The SMILES string of the molecule is CCCC(C)N(C)CC(O)CN. The zero-order valence-corrected chi connectivity index (χ0v) is 8.45. The van der Waals surface area contributed by atoms with Gasteiger partial charge >= 0.3 is 0 Å². The Kier molecular flexibility index (Phi) is 6.34. The van der Waals surface area contributed by atoms with Gasteiger partial charge in [-0.05, 0) is 20.4 Å². The molecule has 0 aliphatic carbocycles. The molecule has 0 bridgehead atoms. The van der Waals surface area contributed by atoms with Gasteiger partial charge in [0.05, 0.1) is 6.10 Å². The molecule has 0 heterocycles. The quantitative estimate of drug-likeness (QED) is 0.614. The van der Waals surface area contributed by atoms with Crippen molar-refractivity contribution in [2.75, 3.05) is 20.1 Å². The van der Waals surface area contributed by atoms with Crippen LogP contribution in [0.25, 0.3) is 0 Å². The summed E-state index contributed by atoms with van der Waals surface area (Å²) in [6, 6.07) is 0.538. The van der Waals surface area contributed by atoms with Gasteiger partial charge in [0.2, 0.25) is 0 Å². The van der Waals surface area contributed by atoms with E-state index in [-0.39, 0.29) is 6.10 Å². The molecule has 2 unspecified atom stereocenters. The van der Waals surface area contributed by atoms with Crippen molar-refractivity contribution in [3.8, 4) is 0 Å². The summed E-state index contributed by atoms with van der Waals surface area (Å²) < 4.78 is 0. The van der Waals surface area contributed by atoms with Gasteiger partial charge in [0.25, 0.3) is 0 Å². The highest BCUT2D eigenvalue weighted by molar-refractivity contribution is 4.67. The maximum absolute atomic E-state index is 9.28. The molecule has 0 aromatic heterocycles. The lowest BCUT2D eigenvalue weighted by molar-refractivity contribution is 0.111. The van der Waals surface area contributed by atoms with E-state index in [9.17, 15) is 5.11 Å². The Morgan fingerprint density at radius 3 is 2.50 bits per heavy atom. The molecule has 74 valence electrons. The monoisotopic (exact) mass is 174 g/mol. The summed E-state index contributed by atoms with van der Waals surface area (Å²) in [7, 11) is 2.03. The number of nitrogens with two attached hydrogens (primary N) is 1. The van der Waals surface area contributed by atoms with Crippen molar-refractivity contribution < 1.29 is 5.11 Å². The largest absolute Gasteiger partial charge is 0.390 e. The molecule has 0 rings (SSSR count). The molecule has 0 aromatic carbocycles. The van der Waals surface area contributed by atoms with Crippen molar-refractivity contribution in [2.45, 2.75) is 38.8 Å². The molecule has 0 aliphatic heterocycles. The summed E-state index contributed by atoms with van der Waals surface area (Å²) in [4.78, 5) is 2.15. The van der Waals surface area contributed by atoms with Crippen molar-refractivity contribution in [3.05, 3.63) is 0 Å². The fourth-order valence-electron chi connectivity index (χ4n) is 1.23. The highest BCUT2D eigenvalue weighted by Gasteiger charge is 2.11. The zero-order valence-electron chi connectivity index (χ0n) is 8.45. The normalized spacial score (nSPS) is 16.5. The molecule has 0 radical (unpaired) electrons. The van der Waals surface area contributed by atoms with Gasteiger partial charge in [0.1, 0.15) is 0 Å². The summed E-state index contributed by atoms with van der Waals surface area (Å²) in [6.45, 7) is 5.37. The van der Waals surface area contributed by atoms with Crippen LogP contribution in [-0.4, -0.2) is 42.3 Å². The number of nitrogens with zero attached hydrogens (tertiary/aromatic N) is 1. The van der Waals surface area contributed by atoms with Crippen LogP contribution in [0.5, 0.6) is 0 Å². The third-order valence-corrected chi connectivity index (χ3v) is 2.23. The van der Waals surface area contributed by atoms with E-state index in [2.05, 4.69) is 18.7 Å². The number of rotatable bonds is 6. The van der Waals surface area contributed by atoms with E-state index >= 15 is 0 Å². The van der Waals surface area contributed by atoms with Gasteiger partial charge in [0.15, 0.2) is 0 Å². The fraction of sp³-hybridized carbons (Fsp3) is 1.00. The molecule has 0 saturated heterocycles. The number of aliphatic hydroxyl groups excluding tert-OH is 1. The molecule has 2 atom stereocenters. The maximum atomic E-state index is 9.28. The second-order valence-electron chi connectivity index (χ2n) is 3.47. The van der Waals surface area contributed by atoms with Gasteiger partial charge < -0.3 is 15.7 Å². The lowest BCUT2D eigenvalue weighted by Gasteiger charge is -2.26. The van der Waals surface area contributed by atoms with Crippen molar-refractivity contribution in [3.63, 3.8) is 0 Å². The van der Waals surface area contributed by atoms with E-state index in [0.717, 1.165) is 0 Å². The molecule has 0 aliphatic rings. The molecule has 3 nitrogen and oxygen atoms in total. The van der Waals surface area contributed by atoms with Gasteiger partial charge in [-0.25, -0.2) is 0 Å². The summed E-state index contributed by atoms with van der Waals surface area (Å²) >= 11 is 0. The van der Waals surface area contributed by atoms with Crippen LogP contribution in [0.4, 0.5) is 0 Å². The van der Waals surface area contributed by atoms with Crippen LogP contribution in [0, 0.1) is 0 Å². The van der Waals surface area contributed by atoms with Gasteiger partial charge in [-0.3, -0.25) is 0 Å².